The van der Waals surface area contributed by atoms with Crippen molar-refractivity contribution in [3.05, 3.63) is 192 Å². The second-order valence-electron chi connectivity index (χ2n) is 13.2. The fraction of sp³-hybridized carbons (Fsp3) is 0.163. The van der Waals surface area contributed by atoms with Crippen LogP contribution in [-0.4, -0.2) is 6.61 Å². The molecular formula is C43H42NO2P. The van der Waals surface area contributed by atoms with Crippen LogP contribution < -0.4 is 20.2 Å². The Kier molecular flexibility index (Phi) is 7.79. The topological polar surface area (TPSA) is 30.5 Å². The number of fused-ring (bicyclic) bond motifs is 1. The SMILES string of the molecule is CCOP1(c2ccccc2)(c2ccccc2)Nc2cc(C(c3ccccc3)(c3ccccc3)c3ccccc3)cc(C(C)(C)C)c2O1. The molecule has 0 unspecified atom stereocenters. The summed E-state index contributed by atoms with van der Waals surface area (Å²) in [5.41, 5.74) is 5.98. The van der Waals surface area contributed by atoms with Gasteiger partial charge in [0.2, 0.25) is 0 Å². The van der Waals surface area contributed by atoms with Gasteiger partial charge in [-0.25, -0.2) is 0 Å². The summed E-state index contributed by atoms with van der Waals surface area (Å²) in [4.78, 5) is 0. The predicted octanol–water partition coefficient (Wildman–Crippen LogP) is 10.2. The summed E-state index contributed by atoms with van der Waals surface area (Å²) in [6, 6.07) is 58.3. The molecule has 0 amide bonds. The van der Waals surface area contributed by atoms with E-state index in [4.69, 9.17) is 9.05 Å². The van der Waals surface area contributed by atoms with Crippen molar-refractivity contribution < 1.29 is 9.05 Å². The van der Waals surface area contributed by atoms with Crippen LogP contribution in [0.15, 0.2) is 164 Å². The van der Waals surface area contributed by atoms with Crippen LogP contribution >= 0.6 is 7.21 Å². The van der Waals surface area contributed by atoms with E-state index in [2.05, 4.69) is 184 Å². The summed E-state index contributed by atoms with van der Waals surface area (Å²) < 4.78 is 14.6. The second-order valence-corrected chi connectivity index (χ2v) is 16.9. The molecule has 1 N–H and O–H groups in total. The molecule has 1 heterocycles. The Bertz CT molecular complexity index is 1840. The van der Waals surface area contributed by atoms with E-state index >= 15 is 0 Å². The Morgan fingerprint density at radius 3 is 1.34 bits per heavy atom. The Morgan fingerprint density at radius 2 is 0.957 bits per heavy atom. The van der Waals surface area contributed by atoms with Crippen molar-refractivity contribution in [1.29, 1.82) is 0 Å². The van der Waals surface area contributed by atoms with Crippen LogP contribution in [0.25, 0.3) is 0 Å². The predicted molar refractivity (Wildman–Crippen MR) is 198 cm³/mol. The Labute approximate surface area is 279 Å². The molecule has 3 nitrogen and oxygen atoms in total. The molecule has 1 aliphatic heterocycles. The Balaban J connectivity index is 1.60. The molecule has 0 fully saturated rings. The van der Waals surface area contributed by atoms with E-state index in [1.165, 1.54) is 16.7 Å². The molecule has 47 heavy (non-hydrogen) atoms. The average Bonchev–Trinajstić information content (AvgIpc) is 3.47. The molecule has 0 saturated carbocycles. The van der Waals surface area contributed by atoms with Gasteiger partial charge in [0.1, 0.15) is 0 Å². The van der Waals surface area contributed by atoms with Crippen molar-refractivity contribution in [2.24, 2.45) is 0 Å². The zero-order valence-corrected chi connectivity index (χ0v) is 28.5. The van der Waals surface area contributed by atoms with Gasteiger partial charge in [0.25, 0.3) is 0 Å². The first-order valence-electron chi connectivity index (χ1n) is 16.4. The van der Waals surface area contributed by atoms with Gasteiger partial charge in [-0.3, -0.25) is 0 Å². The first kappa shape index (κ1) is 30.9. The van der Waals surface area contributed by atoms with E-state index < -0.39 is 12.6 Å². The summed E-state index contributed by atoms with van der Waals surface area (Å²) in [5, 5.41) is 6.07. The van der Waals surface area contributed by atoms with Crippen LogP contribution in [0.1, 0.15) is 55.5 Å². The number of hydrogen-bond acceptors (Lipinski definition) is 3. The van der Waals surface area contributed by atoms with Gasteiger partial charge < -0.3 is 0 Å². The standard InChI is InChI=1S/C43H42NO2P/c1-5-45-47(37-27-17-9-18-28-37,38-29-19-10-20-30-38)44-40-32-36(31-39(41(40)46-47)42(2,3)4)43(33-21-11-6-12-22-33,34-23-13-7-14-24-34)35-25-15-8-16-26-35/h6-32,44H,5H2,1-4H3. The Morgan fingerprint density at radius 1 is 0.553 bits per heavy atom. The van der Waals surface area contributed by atoms with E-state index in [-0.39, 0.29) is 5.41 Å². The quantitative estimate of drug-likeness (QED) is 0.133. The van der Waals surface area contributed by atoms with Gasteiger partial charge in [-0.15, -0.1) is 0 Å². The van der Waals surface area contributed by atoms with E-state index in [0.29, 0.717) is 6.61 Å². The van der Waals surface area contributed by atoms with E-state index in [9.17, 15) is 0 Å². The third-order valence-corrected chi connectivity index (χ3v) is 13.8. The van der Waals surface area contributed by atoms with Crippen molar-refractivity contribution >= 4 is 23.5 Å². The summed E-state index contributed by atoms with van der Waals surface area (Å²) in [7, 11) is -3.94. The maximum atomic E-state index is 7.53. The van der Waals surface area contributed by atoms with Gasteiger partial charge in [0.05, 0.1) is 0 Å². The van der Waals surface area contributed by atoms with Crippen LogP contribution in [0, 0.1) is 0 Å². The van der Waals surface area contributed by atoms with Crippen LogP contribution in [-0.2, 0) is 15.4 Å². The van der Waals surface area contributed by atoms with Crippen LogP contribution in [0.2, 0.25) is 0 Å². The molecule has 6 aromatic rings. The van der Waals surface area contributed by atoms with E-state index in [0.717, 1.165) is 33.2 Å². The molecule has 0 aromatic heterocycles. The number of benzene rings is 6. The zero-order valence-electron chi connectivity index (χ0n) is 27.6. The fourth-order valence-corrected chi connectivity index (χ4v) is 11.6. The molecule has 236 valence electrons. The summed E-state index contributed by atoms with van der Waals surface area (Å²) in [6.07, 6.45) is 0. The van der Waals surface area contributed by atoms with Gasteiger partial charge in [0.15, 0.2) is 0 Å². The van der Waals surface area contributed by atoms with Crippen LogP contribution in [0.5, 0.6) is 5.75 Å². The number of anilines is 1. The second kappa shape index (κ2) is 11.8. The first-order valence-corrected chi connectivity index (χ1v) is 18.5. The van der Waals surface area contributed by atoms with Crippen LogP contribution in [0.3, 0.4) is 0 Å². The summed E-state index contributed by atoms with van der Waals surface area (Å²) in [6.45, 7) is 9.33. The molecule has 0 saturated heterocycles. The first-order chi connectivity index (χ1) is 22.8. The molecule has 7 rings (SSSR count). The monoisotopic (exact) mass is 635 g/mol. The van der Waals surface area contributed by atoms with Crippen molar-refractivity contribution in [3.8, 4) is 5.75 Å². The molecule has 0 bridgehead atoms. The van der Waals surface area contributed by atoms with E-state index in [1.807, 2.05) is 12.1 Å². The number of rotatable bonds is 8. The number of nitrogens with one attached hydrogen (secondary N) is 1. The zero-order chi connectivity index (χ0) is 32.6. The Hall–Kier alpha value is -4.69. The molecule has 0 spiro atoms. The summed E-state index contributed by atoms with van der Waals surface area (Å²) >= 11 is 0. The molecule has 0 atom stereocenters. The number of hydrogen-bond donors (Lipinski definition) is 1. The molecule has 0 aliphatic carbocycles. The minimum atomic E-state index is -3.94. The molecule has 4 heteroatoms. The molecular weight excluding hydrogens is 593 g/mol. The third kappa shape index (κ3) is 4.89. The van der Waals surface area contributed by atoms with Crippen molar-refractivity contribution in [3.63, 3.8) is 0 Å². The molecule has 6 aromatic carbocycles. The fourth-order valence-electron chi connectivity index (χ4n) is 7.30. The van der Waals surface area contributed by atoms with Gasteiger partial charge in [-0.2, -0.15) is 0 Å². The van der Waals surface area contributed by atoms with Gasteiger partial charge in [-0.05, 0) is 0 Å². The van der Waals surface area contributed by atoms with Gasteiger partial charge >= 0.3 is 280 Å². The van der Waals surface area contributed by atoms with Gasteiger partial charge in [-0.1, -0.05) is 0 Å². The maximum absolute atomic E-state index is 7.53. The average molecular weight is 636 g/mol. The van der Waals surface area contributed by atoms with E-state index in [1.54, 1.807) is 0 Å². The van der Waals surface area contributed by atoms with Crippen LogP contribution in [0.4, 0.5) is 5.69 Å². The van der Waals surface area contributed by atoms with Crippen molar-refractivity contribution in [1.82, 2.24) is 0 Å². The van der Waals surface area contributed by atoms with Crippen molar-refractivity contribution in [2.75, 3.05) is 11.7 Å². The molecule has 0 radical (unpaired) electrons. The third-order valence-electron chi connectivity index (χ3n) is 9.37. The molecule has 1 aliphatic rings. The van der Waals surface area contributed by atoms with Gasteiger partial charge in [0, 0.05) is 0 Å². The summed E-state index contributed by atoms with van der Waals surface area (Å²) in [5.74, 6) is 0.850. The normalized spacial score (nSPS) is 15.8. The minimum absolute atomic E-state index is 0.249. The van der Waals surface area contributed by atoms with Crippen molar-refractivity contribution in [2.45, 2.75) is 38.5 Å².